The predicted molar refractivity (Wildman–Crippen MR) is 125 cm³/mol. The van der Waals surface area contributed by atoms with Gasteiger partial charge in [0.15, 0.2) is 0 Å². The zero-order valence-electron chi connectivity index (χ0n) is 18.9. The lowest BCUT2D eigenvalue weighted by molar-refractivity contribution is -0.140. The fourth-order valence-corrected chi connectivity index (χ4v) is 4.59. The second-order valence-electron chi connectivity index (χ2n) is 8.51. The monoisotopic (exact) mass is 456 g/mol. The number of ether oxygens (including phenoxy) is 2. The van der Waals surface area contributed by atoms with Gasteiger partial charge in [0.05, 0.1) is 18.7 Å². The summed E-state index contributed by atoms with van der Waals surface area (Å²) in [7, 11) is 1.59. The molecule has 2 aromatic carbocycles. The molecule has 172 valence electrons. The van der Waals surface area contributed by atoms with E-state index >= 15 is 0 Å². The van der Waals surface area contributed by atoms with Crippen LogP contribution < -0.4 is 9.47 Å². The van der Waals surface area contributed by atoms with E-state index in [0.29, 0.717) is 16.9 Å². The number of methoxy groups -OCH3 is 1. The number of rotatable bonds is 5. The number of ketones is 1. The lowest BCUT2D eigenvalue weighted by atomic mass is 9.95. The van der Waals surface area contributed by atoms with E-state index in [4.69, 9.17) is 9.47 Å². The highest BCUT2D eigenvalue weighted by atomic mass is 16.5. The van der Waals surface area contributed by atoms with Gasteiger partial charge in [-0.15, -0.1) is 0 Å². The number of carbonyl (C=O) groups is 2. The number of benzene rings is 2. The quantitative estimate of drug-likeness (QED) is 0.354. The van der Waals surface area contributed by atoms with Gasteiger partial charge < -0.3 is 19.5 Å². The fraction of sp³-hybridized carbons (Fsp3) is 0.222. The summed E-state index contributed by atoms with van der Waals surface area (Å²) >= 11 is 0. The van der Waals surface area contributed by atoms with Gasteiger partial charge >= 0.3 is 0 Å². The van der Waals surface area contributed by atoms with E-state index in [1.54, 1.807) is 55.9 Å². The highest BCUT2D eigenvalue weighted by Gasteiger charge is 2.46. The van der Waals surface area contributed by atoms with Gasteiger partial charge in [-0.3, -0.25) is 14.6 Å². The molecule has 0 radical (unpaired) electrons. The average Bonchev–Trinajstić information content (AvgIpc) is 3.35. The van der Waals surface area contributed by atoms with E-state index < -0.39 is 17.7 Å². The molecular weight excluding hydrogens is 432 g/mol. The van der Waals surface area contributed by atoms with Crippen LogP contribution in [0.15, 0.2) is 72.6 Å². The van der Waals surface area contributed by atoms with Gasteiger partial charge in [0.1, 0.15) is 23.4 Å². The number of aliphatic hydroxyl groups is 1. The summed E-state index contributed by atoms with van der Waals surface area (Å²) in [5.41, 5.74) is 3.05. The van der Waals surface area contributed by atoms with Crippen LogP contribution in [0, 0.1) is 0 Å². The number of carbonyl (C=O) groups excluding carboxylic acids is 2. The van der Waals surface area contributed by atoms with Crippen LogP contribution in [0.2, 0.25) is 0 Å². The number of pyridine rings is 1. The van der Waals surface area contributed by atoms with Crippen molar-refractivity contribution in [2.24, 2.45) is 0 Å². The van der Waals surface area contributed by atoms with Crippen LogP contribution in [0.4, 0.5) is 0 Å². The molecule has 7 heteroatoms. The fourth-order valence-electron chi connectivity index (χ4n) is 4.59. The summed E-state index contributed by atoms with van der Waals surface area (Å²) in [6, 6.07) is 15.4. The molecule has 3 heterocycles. The van der Waals surface area contributed by atoms with Crippen LogP contribution in [0.25, 0.3) is 5.76 Å². The van der Waals surface area contributed by atoms with Crippen LogP contribution in [0.1, 0.15) is 35.2 Å². The number of aliphatic hydroxyl groups excluding tert-OH is 1. The lowest BCUT2D eigenvalue weighted by Gasteiger charge is -2.25. The molecule has 2 unspecified atom stereocenters. The molecule has 0 bridgehead atoms. The largest absolute Gasteiger partial charge is 0.507 e. The first-order valence-corrected chi connectivity index (χ1v) is 11.1. The molecule has 2 atom stereocenters. The molecule has 34 heavy (non-hydrogen) atoms. The molecule has 2 aliphatic heterocycles. The smallest absolute Gasteiger partial charge is 0.295 e. The van der Waals surface area contributed by atoms with Gasteiger partial charge in [0.25, 0.3) is 11.7 Å². The topological polar surface area (TPSA) is 89.0 Å². The van der Waals surface area contributed by atoms with Crippen molar-refractivity contribution in [1.29, 1.82) is 0 Å². The Balaban J connectivity index is 1.59. The van der Waals surface area contributed by atoms with Crippen LogP contribution in [0.5, 0.6) is 11.5 Å². The molecule has 5 rings (SSSR count). The summed E-state index contributed by atoms with van der Waals surface area (Å²) < 4.78 is 11.0. The number of nitrogens with zero attached hydrogens (tertiary/aromatic N) is 2. The van der Waals surface area contributed by atoms with Crippen molar-refractivity contribution in [2.45, 2.75) is 32.0 Å². The van der Waals surface area contributed by atoms with Crippen molar-refractivity contribution in [3.05, 3.63) is 94.8 Å². The molecule has 0 spiro atoms. The Kier molecular flexibility index (Phi) is 5.53. The van der Waals surface area contributed by atoms with E-state index in [1.807, 2.05) is 25.1 Å². The Morgan fingerprint density at radius 2 is 1.85 bits per heavy atom. The number of aromatic nitrogens is 1. The number of amides is 1. The molecule has 1 amide bonds. The maximum absolute atomic E-state index is 13.2. The van der Waals surface area contributed by atoms with Crippen LogP contribution in [-0.2, 0) is 22.6 Å². The Morgan fingerprint density at radius 1 is 1.12 bits per heavy atom. The zero-order chi connectivity index (χ0) is 23.8. The van der Waals surface area contributed by atoms with E-state index in [-0.39, 0.29) is 24.0 Å². The van der Waals surface area contributed by atoms with Gasteiger partial charge in [-0.2, -0.15) is 0 Å². The standard InChI is InChI=1S/C27H24N2O5/c1-16-13-20-14-19(5-8-22(20)34-16)25(30)23-24(18-9-11-28-12-10-18)29(27(32)26(23)31)15-17-3-6-21(33-2)7-4-17/h3-12,14,16,24,30H,13,15H2,1-2H3/b25-23-. The van der Waals surface area contributed by atoms with Gasteiger partial charge in [-0.25, -0.2) is 0 Å². The van der Waals surface area contributed by atoms with Crippen molar-refractivity contribution in [1.82, 2.24) is 9.88 Å². The Labute approximate surface area is 197 Å². The van der Waals surface area contributed by atoms with Crippen LogP contribution in [-0.4, -0.2) is 39.9 Å². The van der Waals surface area contributed by atoms with E-state index in [9.17, 15) is 14.7 Å². The van der Waals surface area contributed by atoms with E-state index in [2.05, 4.69) is 4.98 Å². The molecule has 0 aliphatic carbocycles. The molecular formula is C27H24N2O5. The van der Waals surface area contributed by atoms with Crippen molar-refractivity contribution >= 4 is 17.4 Å². The maximum Gasteiger partial charge on any atom is 0.295 e. The van der Waals surface area contributed by atoms with Gasteiger partial charge in [-0.1, -0.05) is 12.1 Å². The molecule has 3 aromatic rings. The Bertz CT molecular complexity index is 1280. The van der Waals surface area contributed by atoms with Crippen molar-refractivity contribution in [2.75, 3.05) is 7.11 Å². The number of hydrogen-bond acceptors (Lipinski definition) is 6. The first-order valence-electron chi connectivity index (χ1n) is 11.1. The van der Waals surface area contributed by atoms with Crippen molar-refractivity contribution < 1.29 is 24.2 Å². The molecule has 0 saturated carbocycles. The van der Waals surface area contributed by atoms with Crippen molar-refractivity contribution in [3.8, 4) is 11.5 Å². The first kappa shape index (κ1) is 21.7. The highest BCUT2D eigenvalue weighted by Crippen LogP contribution is 2.41. The van der Waals surface area contributed by atoms with E-state index in [1.165, 1.54) is 4.90 Å². The molecule has 7 nitrogen and oxygen atoms in total. The minimum absolute atomic E-state index is 0.0549. The number of hydrogen-bond donors (Lipinski definition) is 1. The maximum atomic E-state index is 13.2. The van der Waals surface area contributed by atoms with Crippen LogP contribution >= 0.6 is 0 Å². The zero-order valence-corrected chi connectivity index (χ0v) is 18.9. The number of Topliss-reactive ketones (excluding diaryl/α,β-unsaturated/α-hetero) is 1. The molecule has 1 N–H and O–H groups in total. The first-order chi connectivity index (χ1) is 16.5. The SMILES string of the molecule is COc1ccc(CN2C(=O)C(=O)/C(=C(\O)c3ccc4c(c3)CC(C)O4)C2c2ccncc2)cc1. The minimum atomic E-state index is -0.742. The van der Waals surface area contributed by atoms with Crippen molar-refractivity contribution in [3.63, 3.8) is 0 Å². The Hall–Kier alpha value is -4.13. The highest BCUT2D eigenvalue weighted by molar-refractivity contribution is 6.46. The second kappa shape index (κ2) is 8.67. The van der Waals surface area contributed by atoms with Gasteiger partial charge in [0, 0.05) is 30.9 Å². The van der Waals surface area contributed by atoms with Crippen LogP contribution in [0.3, 0.4) is 0 Å². The third-order valence-corrected chi connectivity index (χ3v) is 6.24. The second-order valence-corrected chi connectivity index (χ2v) is 8.51. The third kappa shape index (κ3) is 3.79. The third-order valence-electron chi connectivity index (χ3n) is 6.24. The van der Waals surface area contributed by atoms with Gasteiger partial charge in [0.2, 0.25) is 0 Å². The lowest BCUT2D eigenvalue weighted by Crippen LogP contribution is -2.29. The Morgan fingerprint density at radius 3 is 2.56 bits per heavy atom. The summed E-state index contributed by atoms with van der Waals surface area (Å²) in [6.45, 7) is 2.18. The van der Waals surface area contributed by atoms with Gasteiger partial charge in [-0.05, 0) is 66.1 Å². The summed E-state index contributed by atoms with van der Waals surface area (Å²) in [5, 5.41) is 11.3. The molecule has 1 fully saturated rings. The summed E-state index contributed by atoms with van der Waals surface area (Å²) in [4.78, 5) is 31.9. The average molecular weight is 456 g/mol. The van der Waals surface area contributed by atoms with E-state index in [0.717, 1.165) is 23.3 Å². The summed E-state index contributed by atoms with van der Waals surface area (Å²) in [6.07, 6.45) is 3.99. The number of likely N-dealkylation sites (tertiary alicyclic amines) is 1. The normalized spacial score (nSPS) is 20.8. The summed E-state index contributed by atoms with van der Waals surface area (Å²) in [5.74, 6) is -0.0870. The molecule has 2 aliphatic rings. The number of fused-ring (bicyclic) bond motifs is 1. The molecule has 1 saturated heterocycles. The molecule has 1 aromatic heterocycles. The predicted octanol–water partition coefficient (Wildman–Crippen LogP) is 4.04. The minimum Gasteiger partial charge on any atom is -0.507 e.